The van der Waals surface area contributed by atoms with Crippen LogP contribution in [-0.4, -0.2) is 31.5 Å². The van der Waals surface area contributed by atoms with Crippen molar-refractivity contribution in [3.8, 4) is 16.8 Å². The van der Waals surface area contributed by atoms with Crippen molar-refractivity contribution in [3.63, 3.8) is 0 Å². The van der Waals surface area contributed by atoms with Crippen molar-refractivity contribution in [2.45, 2.75) is 6.92 Å². The molecule has 0 aliphatic rings. The van der Waals surface area contributed by atoms with Crippen LogP contribution >= 0.6 is 0 Å². The Bertz CT molecular complexity index is 1260. The summed E-state index contributed by atoms with van der Waals surface area (Å²) < 4.78 is 1.98. The van der Waals surface area contributed by atoms with Gasteiger partial charge in [-0.1, -0.05) is 18.2 Å². The molecule has 4 aromatic rings. The van der Waals surface area contributed by atoms with E-state index in [-0.39, 0.29) is 5.70 Å². The Labute approximate surface area is 172 Å². The number of aromatic nitrogens is 3. The van der Waals surface area contributed by atoms with E-state index in [1.807, 2.05) is 53.4 Å². The average molecular weight is 398 g/mol. The van der Waals surface area contributed by atoms with Gasteiger partial charge in [-0.25, -0.2) is 9.78 Å². The standard InChI is InChI=1S/C23H18N4O3/c1-15(28)26-21(23(29)30)12-16-6-8-18(9-7-16)27-14-20(17-4-2-10-24-13-17)19-5-3-11-25-22(19)27/h2-14H,1H3,(H,26,28)(H,29,30)/b21-12+. The second-order valence-electron chi connectivity index (χ2n) is 6.66. The highest BCUT2D eigenvalue weighted by Crippen LogP contribution is 2.31. The van der Waals surface area contributed by atoms with Crippen LogP contribution in [-0.2, 0) is 9.59 Å². The van der Waals surface area contributed by atoms with Crippen molar-refractivity contribution >= 4 is 29.0 Å². The summed E-state index contributed by atoms with van der Waals surface area (Å²) in [5.41, 5.74) is 4.18. The number of nitrogens with zero attached hydrogens (tertiary/aromatic N) is 3. The number of carbonyl (C=O) groups is 2. The number of nitrogens with one attached hydrogen (secondary N) is 1. The SMILES string of the molecule is CC(=O)N/C(=C/c1ccc(-n2cc(-c3cccnc3)c3cccnc32)cc1)C(=O)O. The summed E-state index contributed by atoms with van der Waals surface area (Å²) in [6.07, 6.45) is 8.73. The minimum Gasteiger partial charge on any atom is -0.477 e. The van der Waals surface area contributed by atoms with E-state index < -0.39 is 11.9 Å². The largest absolute Gasteiger partial charge is 0.477 e. The first-order valence-corrected chi connectivity index (χ1v) is 9.22. The van der Waals surface area contributed by atoms with Gasteiger partial charge >= 0.3 is 5.97 Å². The number of carboxylic acids is 1. The molecule has 0 aliphatic carbocycles. The minimum atomic E-state index is -1.20. The molecule has 3 heterocycles. The third kappa shape index (κ3) is 3.81. The van der Waals surface area contributed by atoms with Gasteiger partial charge in [0, 0.05) is 53.9 Å². The minimum absolute atomic E-state index is 0.179. The van der Waals surface area contributed by atoms with Crippen molar-refractivity contribution in [1.29, 1.82) is 0 Å². The van der Waals surface area contributed by atoms with Crippen LogP contribution in [0.2, 0.25) is 0 Å². The number of benzene rings is 1. The van der Waals surface area contributed by atoms with Gasteiger partial charge in [0.1, 0.15) is 11.3 Å². The Morgan fingerprint density at radius 3 is 2.50 bits per heavy atom. The van der Waals surface area contributed by atoms with E-state index in [2.05, 4.69) is 15.3 Å². The summed E-state index contributed by atoms with van der Waals surface area (Å²) in [6, 6.07) is 15.1. The zero-order valence-electron chi connectivity index (χ0n) is 16.1. The van der Waals surface area contributed by atoms with Crippen LogP contribution in [0, 0.1) is 0 Å². The van der Waals surface area contributed by atoms with Gasteiger partial charge in [-0.05, 0) is 42.0 Å². The number of fused-ring (bicyclic) bond motifs is 1. The number of pyridine rings is 2. The smallest absolute Gasteiger partial charge is 0.352 e. The summed E-state index contributed by atoms with van der Waals surface area (Å²) in [5, 5.41) is 12.6. The highest BCUT2D eigenvalue weighted by atomic mass is 16.4. The second kappa shape index (κ2) is 8.00. The monoisotopic (exact) mass is 398 g/mol. The third-order valence-corrected chi connectivity index (χ3v) is 4.56. The lowest BCUT2D eigenvalue weighted by atomic mass is 10.1. The Morgan fingerprint density at radius 2 is 1.83 bits per heavy atom. The van der Waals surface area contributed by atoms with E-state index in [1.165, 1.54) is 13.0 Å². The molecular formula is C23H18N4O3. The molecule has 4 rings (SSSR count). The van der Waals surface area contributed by atoms with Crippen LogP contribution in [0.25, 0.3) is 33.9 Å². The Morgan fingerprint density at radius 1 is 1.07 bits per heavy atom. The molecule has 0 fully saturated rings. The molecule has 0 saturated carbocycles. The topological polar surface area (TPSA) is 97.1 Å². The maximum atomic E-state index is 11.3. The lowest BCUT2D eigenvalue weighted by Gasteiger charge is -2.06. The first-order chi connectivity index (χ1) is 14.5. The number of hydrogen-bond donors (Lipinski definition) is 2. The fraction of sp³-hybridized carbons (Fsp3) is 0.0435. The van der Waals surface area contributed by atoms with E-state index in [0.717, 1.165) is 27.8 Å². The molecule has 0 radical (unpaired) electrons. The maximum absolute atomic E-state index is 11.3. The molecule has 0 bridgehead atoms. The van der Waals surface area contributed by atoms with Crippen molar-refractivity contribution in [3.05, 3.63) is 84.6 Å². The molecule has 0 aliphatic heterocycles. The molecule has 7 nitrogen and oxygen atoms in total. The highest BCUT2D eigenvalue weighted by Gasteiger charge is 2.13. The number of amides is 1. The summed E-state index contributed by atoms with van der Waals surface area (Å²) in [5.74, 6) is -1.64. The zero-order chi connectivity index (χ0) is 21.1. The van der Waals surface area contributed by atoms with Gasteiger partial charge in [0.2, 0.25) is 5.91 Å². The van der Waals surface area contributed by atoms with Gasteiger partial charge in [0.15, 0.2) is 0 Å². The number of hydrogen-bond acceptors (Lipinski definition) is 4. The first kappa shape index (κ1) is 19.1. The van der Waals surface area contributed by atoms with Crippen molar-refractivity contribution in [2.24, 2.45) is 0 Å². The van der Waals surface area contributed by atoms with E-state index in [9.17, 15) is 14.7 Å². The van der Waals surface area contributed by atoms with Crippen molar-refractivity contribution < 1.29 is 14.7 Å². The maximum Gasteiger partial charge on any atom is 0.352 e. The molecular weight excluding hydrogens is 380 g/mol. The molecule has 148 valence electrons. The lowest BCUT2D eigenvalue weighted by molar-refractivity contribution is -0.134. The van der Waals surface area contributed by atoms with Crippen LogP contribution in [0.15, 0.2) is 79.0 Å². The second-order valence-corrected chi connectivity index (χ2v) is 6.66. The highest BCUT2D eigenvalue weighted by molar-refractivity contribution is 5.96. The summed E-state index contributed by atoms with van der Waals surface area (Å²) >= 11 is 0. The van der Waals surface area contributed by atoms with E-state index in [4.69, 9.17) is 0 Å². The number of rotatable bonds is 5. The normalized spacial score (nSPS) is 11.4. The molecule has 0 saturated heterocycles. The van der Waals surface area contributed by atoms with Crippen LogP contribution in [0.5, 0.6) is 0 Å². The van der Waals surface area contributed by atoms with Crippen molar-refractivity contribution in [1.82, 2.24) is 19.9 Å². The predicted molar refractivity (Wildman–Crippen MR) is 114 cm³/mol. The third-order valence-electron chi connectivity index (χ3n) is 4.56. The van der Waals surface area contributed by atoms with Gasteiger partial charge in [-0.15, -0.1) is 0 Å². The van der Waals surface area contributed by atoms with Crippen LogP contribution in [0.3, 0.4) is 0 Å². The molecule has 0 spiro atoms. The molecule has 1 aromatic carbocycles. The van der Waals surface area contributed by atoms with E-state index in [1.54, 1.807) is 24.5 Å². The Hall–Kier alpha value is -4.26. The quantitative estimate of drug-likeness (QED) is 0.500. The molecule has 0 atom stereocenters. The number of carbonyl (C=O) groups excluding carboxylic acids is 1. The fourth-order valence-corrected chi connectivity index (χ4v) is 3.25. The Kier molecular flexibility index (Phi) is 5.09. The molecule has 0 unspecified atom stereocenters. The molecule has 30 heavy (non-hydrogen) atoms. The summed E-state index contributed by atoms with van der Waals surface area (Å²) in [7, 11) is 0. The van der Waals surface area contributed by atoms with Gasteiger partial charge in [0.05, 0.1) is 0 Å². The van der Waals surface area contributed by atoms with Gasteiger partial charge in [0.25, 0.3) is 0 Å². The average Bonchev–Trinajstić information content (AvgIpc) is 3.14. The van der Waals surface area contributed by atoms with E-state index >= 15 is 0 Å². The molecule has 3 aromatic heterocycles. The van der Waals surface area contributed by atoms with Gasteiger partial charge in [-0.2, -0.15) is 0 Å². The number of carboxylic acid groups (broad SMARTS) is 1. The van der Waals surface area contributed by atoms with Crippen LogP contribution < -0.4 is 5.32 Å². The molecule has 1 amide bonds. The predicted octanol–water partition coefficient (Wildman–Crippen LogP) is 3.65. The molecule has 2 N–H and O–H groups in total. The van der Waals surface area contributed by atoms with Gasteiger partial charge in [-0.3, -0.25) is 9.78 Å². The summed E-state index contributed by atoms with van der Waals surface area (Å²) in [6.45, 7) is 1.27. The zero-order valence-corrected chi connectivity index (χ0v) is 16.1. The number of aliphatic carboxylic acids is 1. The first-order valence-electron chi connectivity index (χ1n) is 9.22. The Balaban J connectivity index is 1.75. The molecule has 7 heteroatoms. The van der Waals surface area contributed by atoms with Crippen LogP contribution in [0.1, 0.15) is 12.5 Å². The summed E-state index contributed by atoms with van der Waals surface area (Å²) in [4.78, 5) is 31.3. The fourth-order valence-electron chi connectivity index (χ4n) is 3.25. The lowest BCUT2D eigenvalue weighted by Crippen LogP contribution is -2.24. The van der Waals surface area contributed by atoms with E-state index in [0.29, 0.717) is 5.56 Å². The van der Waals surface area contributed by atoms with Gasteiger partial charge < -0.3 is 15.0 Å². The van der Waals surface area contributed by atoms with Crippen molar-refractivity contribution in [2.75, 3.05) is 0 Å². The van der Waals surface area contributed by atoms with Crippen LogP contribution in [0.4, 0.5) is 0 Å².